The molecule has 2 aromatic rings. The van der Waals surface area contributed by atoms with Gasteiger partial charge in [0.1, 0.15) is 10.7 Å². The van der Waals surface area contributed by atoms with Crippen molar-refractivity contribution >= 4 is 46.7 Å². The Morgan fingerprint density at radius 3 is 2.24 bits per heavy atom. The smallest absolute Gasteiger partial charge is 0.338 e. The SMILES string of the molecule is CCCCOC(=O)c1cccc(N2C(=O)C(Cl)=C(Nc3ccc(C(=O)OCCC)cc3)C2=O)c1. The molecular formula is C25H25ClN2O6. The number of rotatable bonds is 10. The topological polar surface area (TPSA) is 102 Å². The maximum absolute atomic E-state index is 13.0. The summed E-state index contributed by atoms with van der Waals surface area (Å²) in [5.74, 6) is -2.37. The molecule has 0 unspecified atom stereocenters. The van der Waals surface area contributed by atoms with E-state index < -0.39 is 23.8 Å². The standard InChI is InChI=1S/C25H25ClN2O6/c1-3-5-14-34-25(32)17-7-6-8-19(15-17)28-22(29)20(26)21(23(28)30)27-18-11-9-16(10-12-18)24(31)33-13-4-2/h6-12,15,27H,3-5,13-14H2,1-2H3. The highest BCUT2D eigenvalue weighted by molar-refractivity contribution is 6.53. The molecule has 1 N–H and O–H groups in total. The lowest BCUT2D eigenvalue weighted by atomic mass is 10.2. The van der Waals surface area contributed by atoms with Crippen molar-refractivity contribution in [3.05, 3.63) is 70.4 Å². The van der Waals surface area contributed by atoms with E-state index in [4.69, 9.17) is 21.1 Å². The first-order valence-corrected chi connectivity index (χ1v) is 11.3. The number of unbranched alkanes of at least 4 members (excludes halogenated alkanes) is 1. The van der Waals surface area contributed by atoms with Gasteiger partial charge in [0, 0.05) is 5.69 Å². The minimum absolute atomic E-state index is 0.107. The van der Waals surface area contributed by atoms with E-state index in [1.807, 2.05) is 13.8 Å². The Kier molecular flexibility index (Phi) is 8.43. The summed E-state index contributed by atoms with van der Waals surface area (Å²) in [5.41, 5.74) is 1.12. The fourth-order valence-corrected chi connectivity index (χ4v) is 3.34. The van der Waals surface area contributed by atoms with Crippen LogP contribution >= 0.6 is 11.6 Å². The van der Waals surface area contributed by atoms with Crippen LogP contribution in [0.1, 0.15) is 53.8 Å². The number of hydrogen-bond acceptors (Lipinski definition) is 7. The second-order valence-corrected chi connectivity index (χ2v) is 7.89. The maximum atomic E-state index is 13.0. The number of hydrogen-bond donors (Lipinski definition) is 1. The molecule has 0 radical (unpaired) electrons. The molecule has 0 saturated heterocycles. The summed E-state index contributed by atoms with van der Waals surface area (Å²) in [7, 11) is 0. The first kappa shape index (κ1) is 25.0. The van der Waals surface area contributed by atoms with E-state index >= 15 is 0 Å². The van der Waals surface area contributed by atoms with Crippen LogP contribution in [0.15, 0.2) is 59.3 Å². The molecule has 0 atom stereocenters. The third-order valence-corrected chi connectivity index (χ3v) is 5.28. The molecule has 9 heteroatoms. The van der Waals surface area contributed by atoms with Crippen molar-refractivity contribution < 1.29 is 28.7 Å². The maximum Gasteiger partial charge on any atom is 0.338 e. The molecule has 1 aliphatic rings. The fourth-order valence-electron chi connectivity index (χ4n) is 3.12. The number of anilines is 2. The van der Waals surface area contributed by atoms with Gasteiger partial charge in [-0.2, -0.15) is 0 Å². The predicted molar refractivity (Wildman–Crippen MR) is 128 cm³/mol. The molecular weight excluding hydrogens is 460 g/mol. The number of nitrogens with zero attached hydrogens (tertiary/aromatic N) is 1. The summed E-state index contributed by atoms with van der Waals surface area (Å²) in [6, 6.07) is 12.3. The molecule has 0 fully saturated rings. The number of carbonyl (C=O) groups excluding carboxylic acids is 4. The average Bonchev–Trinajstić information content (AvgIpc) is 3.06. The van der Waals surface area contributed by atoms with E-state index in [2.05, 4.69) is 5.32 Å². The van der Waals surface area contributed by atoms with Crippen LogP contribution in [0.25, 0.3) is 0 Å². The molecule has 34 heavy (non-hydrogen) atoms. The lowest BCUT2D eigenvalue weighted by molar-refractivity contribution is -0.120. The van der Waals surface area contributed by atoms with E-state index in [0.29, 0.717) is 24.3 Å². The van der Waals surface area contributed by atoms with Crippen molar-refractivity contribution in [3.8, 4) is 0 Å². The van der Waals surface area contributed by atoms with Gasteiger partial charge in [-0.3, -0.25) is 9.59 Å². The van der Waals surface area contributed by atoms with Gasteiger partial charge < -0.3 is 14.8 Å². The van der Waals surface area contributed by atoms with Gasteiger partial charge >= 0.3 is 11.9 Å². The lowest BCUT2D eigenvalue weighted by Crippen LogP contribution is -2.32. The summed E-state index contributed by atoms with van der Waals surface area (Å²) < 4.78 is 10.3. The van der Waals surface area contributed by atoms with Crippen molar-refractivity contribution in [1.82, 2.24) is 0 Å². The monoisotopic (exact) mass is 484 g/mol. The molecule has 3 rings (SSSR count). The Labute approximate surface area is 202 Å². The Morgan fingerprint density at radius 2 is 1.56 bits per heavy atom. The number of halogens is 1. The minimum atomic E-state index is -0.717. The highest BCUT2D eigenvalue weighted by atomic mass is 35.5. The zero-order chi connectivity index (χ0) is 24.7. The second-order valence-electron chi connectivity index (χ2n) is 7.51. The molecule has 0 aliphatic carbocycles. The molecule has 0 spiro atoms. The van der Waals surface area contributed by atoms with Crippen LogP contribution in [0.2, 0.25) is 0 Å². The lowest BCUT2D eigenvalue weighted by Gasteiger charge is -2.16. The first-order valence-electron chi connectivity index (χ1n) is 11.0. The number of nitrogens with one attached hydrogen (secondary N) is 1. The Morgan fingerprint density at radius 1 is 0.882 bits per heavy atom. The summed E-state index contributed by atoms with van der Waals surface area (Å²) in [6.07, 6.45) is 2.34. The number of amides is 2. The first-order chi connectivity index (χ1) is 16.4. The van der Waals surface area contributed by atoms with Gasteiger partial charge in [0.25, 0.3) is 11.8 Å². The molecule has 1 heterocycles. The van der Waals surface area contributed by atoms with Crippen LogP contribution < -0.4 is 10.2 Å². The highest BCUT2D eigenvalue weighted by Crippen LogP contribution is 2.30. The van der Waals surface area contributed by atoms with Gasteiger partial charge in [-0.25, -0.2) is 14.5 Å². The zero-order valence-electron chi connectivity index (χ0n) is 18.9. The fraction of sp³-hybridized carbons (Fsp3) is 0.280. The van der Waals surface area contributed by atoms with Gasteiger partial charge in [-0.05, 0) is 55.3 Å². The van der Waals surface area contributed by atoms with Crippen LogP contribution in [0.3, 0.4) is 0 Å². The molecule has 0 saturated carbocycles. The summed E-state index contributed by atoms with van der Waals surface area (Å²) in [5, 5.41) is 2.56. The summed E-state index contributed by atoms with van der Waals surface area (Å²) in [6.45, 7) is 4.50. The van der Waals surface area contributed by atoms with Crippen LogP contribution in [0.5, 0.6) is 0 Å². The van der Waals surface area contributed by atoms with Crippen molar-refractivity contribution in [3.63, 3.8) is 0 Å². The van der Waals surface area contributed by atoms with Crippen LogP contribution in [0, 0.1) is 0 Å². The Hall–Kier alpha value is -3.65. The molecule has 2 aromatic carbocycles. The largest absolute Gasteiger partial charge is 0.462 e. The third kappa shape index (κ3) is 5.63. The quantitative estimate of drug-likeness (QED) is 0.297. The molecule has 178 valence electrons. The number of imide groups is 1. The van der Waals surface area contributed by atoms with Crippen molar-refractivity contribution in [2.45, 2.75) is 33.1 Å². The van der Waals surface area contributed by atoms with Crippen LogP contribution in [-0.2, 0) is 19.1 Å². The third-order valence-electron chi connectivity index (χ3n) is 4.93. The number of ether oxygens (including phenoxy) is 2. The molecule has 8 nitrogen and oxygen atoms in total. The number of esters is 2. The Bertz CT molecular complexity index is 1130. The van der Waals surface area contributed by atoms with Crippen molar-refractivity contribution in [2.24, 2.45) is 0 Å². The van der Waals surface area contributed by atoms with E-state index in [-0.39, 0.29) is 28.6 Å². The Balaban J connectivity index is 1.74. The van der Waals surface area contributed by atoms with E-state index in [9.17, 15) is 19.2 Å². The van der Waals surface area contributed by atoms with Crippen molar-refractivity contribution in [2.75, 3.05) is 23.4 Å². The van der Waals surface area contributed by atoms with E-state index in [1.54, 1.807) is 36.4 Å². The van der Waals surface area contributed by atoms with E-state index in [0.717, 1.165) is 17.7 Å². The predicted octanol–water partition coefficient (Wildman–Crippen LogP) is 4.65. The molecule has 1 aliphatic heterocycles. The van der Waals surface area contributed by atoms with E-state index in [1.165, 1.54) is 12.1 Å². The minimum Gasteiger partial charge on any atom is -0.462 e. The number of benzene rings is 2. The summed E-state index contributed by atoms with van der Waals surface area (Å²) >= 11 is 6.18. The van der Waals surface area contributed by atoms with Gasteiger partial charge in [-0.15, -0.1) is 0 Å². The molecule has 0 bridgehead atoms. The van der Waals surface area contributed by atoms with Gasteiger partial charge in [-0.1, -0.05) is 37.9 Å². The zero-order valence-corrected chi connectivity index (χ0v) is 19.7. The van der Waals surface area contributed by atoms with Gasteiger partial charge in [0.05, 0.1) is 30.0 Å². The number of carbonyl (C=O) groups is 4. The van der Waals surface area contributed by atoms with Gasteiger partial charge in [0.2, 0.25) is 0 Å². The van der Waals surface area contributed by atoms with Crippen LogP contribution in [0.4, 0.5) is 11.4 Å². The van der Waals surface area contributed by atoms with Crippen molar-refractivity contribution in [1.29, 1.82) is 0 Å². The molecule has 0 aromatic heterocycles. The highest BCUT2D eigenvalue weighted by Gasteiger charge is 2.39. The second kappa shape index (κ2) is 11.5. The van der Waals surface area contributed by atoms with Crippen LogP contribution in [-0.4, -0.2) is 37.0 Å². The normalized spacial score (nSPS) is 13.3. The average molecular weight is 485 g/mol. The molecule has 2 amide bonds. The summed E-state index contributed by atoms with van der Waals surface area (Å²) in [4.78, 5) is 50.9. The van der Waals surface area contributed by atoms with Gasteiger partial charge in [0.15, 0.2) is 0 Å².